The van der Waals surface area contributed by atoms with Crippen LogP contribution in [0.15, 0.2) is 29.3 Å². The predicted octanol–water partition coefficient (Wildman–Crippen LogP) is 3.27. The van der Waals surface area contributed by atoms with E-state index in [1.54, 1.807) is 0 Å². The number of hydrogen-bond acceptors (Lipinski definition) is 3. The normalized spacial score (nSPS) is 16.3. The molecule has 1 fully saturated rings. The van der Waals surface area contributed by atoms with E-state index >= 15 is 0 Å². The van der Waals surface area contributed by atoms with E-state index in [-0.39, 0.29) is 35.8 Å². The molecule has 8 heteroatoms. The number of carbonyl (C=O) groups is 2. The van der Waals surface area contributed by atoms with E-state index in [9.17, 15) is 9.59 Å². The molecule has 2 amide bonds. The van der Waals surface area contributed by atoms with Crippen LogP contribution in [0.5, 0.6) is 0 Å². The summed E-state index contributed by atoms with van der Waals surface area (Å²) in [7, 11) is 0. The van der Waals surface area contributed by atoms with Gasteiger partial charge in [0.1, 0.15) is 0 Å². The second-order valence-electron chi connectivity index (χ2n) is 8.35. The molecule has 178 valence electrons. The predicted molar refractivity (Wildman–Crippen MR) is 139 cm³/mol. The average molecular weight is 556 g/mol. The maximum atomic E-state index is 12.5. The molecule has 2 N–H and O–H groups in total. The Hall–Kier alpha value is -1.84. The molecule has 0 radical (unpaired) electrons. The van der Waals surface area contributed by atoms with Crippen molar-refractivity contribution in [1.82, 2.24) is 20.4 Å². The highest BCUT2D eigenvalue weighted by Crippen LogP contribution is 2.22. The van der Waals surface area contributed by atoms with Gasteiger partial charge in [-0.25, -0.2) is 0 Å². The summed E-state index contributed by atoms with van der Waals surface area (Å²) in [5, 5.41) is 6.59. The maximum Gasteiger partial charge on any atom is 0.223 e. The highest BCUT2D eigenvalue weighted by atomic mass is 127. The van der Waals surface area contributed by atoms with Gasteiger partial charge in [-0.3, -0.25) is 14.6 Å². The second-order valence-corrected chi connectivity index (χ2v) is 8.35. The molecule has 1 aromatic carbocycles. The van der Waals surface area contributed by atoms with Crippen LogP contribution in [0.3, 0.4) is 0 Å². The van der Waals surface area contributed by atoms with Gasteiger partial charge in [0.05, 0.1) is 0 Å². The summed E-state index contributed by atoms with van der Waals surface area (Å²) in [5.41, 5.74) is 2.52. The Morgan fingerprint density at radius 3 is 2.53 bits per heavy atom. The lowest BCUT2D eigenvalue weighted by atomic mass is 10.1. The highest BCUT2D eigenvalue weighted by Gasteiger charge is 2.22. The molecule has 1 aromatic rings. The molecule has 1 saturated heterocycles. The first-order chi connectivity index (χ1) is 15.2. The minimum atomic E-state index is 0. The standard InChI is InChI=1S/C24H37N5O2.HI/c1-2-25-24(27-15-9-17-28-16-7-3-4-12-22(28)30)26-14-8-13-23(31)29-18-20-10-5-6-11-21(20)19-29;/h5-6,10-11H,2-4,7-9,12-19H2,1H3,(H2,25,26,27);1H. The van der Waals surface area contributed by atoms with Crippen LogP contribution in [0, 0.1) is 0 Å². The first kappa shape index (κ1) is 26.4. The van der Waals surface area contributed by atoms with Crippen LogP contribution in [0.1, 0.15) is 63.0 Å². The third kappa shape index (κ3) is 8.26. The zero-order valence-corrected chi connectivity index (χ0v) is 21.6. The molecule has 0 aromatic heterocycles. The molecule has 0 aliphatic carbocycles. The Morgan fingerprint density at radius 2 is 1.81 bits per heavy atom. The molecular weight excluding hydrogens is 517 g/mol. The van der Waals surface area contributed by atoms with Gasteiger partial charge >= 0.3 is 0 Å². The topological polar surface area (TPSA) is 77.0 Å². The number of carbonyl (C=O) groups excluding carboxylic acids is 2. The molecule has 0 atom stereocenters. The van der Waals surface area contributed by atoms with Crippen molar-refractivity contribution in [1.29, 1.82) is 0 Å². The fourth-order valence-electron chi connectivity index (χ4n) is 4.18. The molecule has 0 saturated carbocycles. The molecule has 0 unspecified atom stereocenters. The van der Waals surface area contributed by atoms with Gasteiger partial charge in [-0.05, 0) is 43.7 Å². The van der Waals surface area contributed by atoms with Gasteiger partial charge in [0.2, 0.25) is 11.8 Å². The molecule has 0 bridgehead atoms. The molecule has 7 nitrogen and oxygen atoms in total. The van der Waals surface area contributed by atoms with Gasteiger partial charge in [0.25, 0.3) is 0 Å². The number of nitrogens with one attached hydrogen (secondary N) is 2. The van der Waals surface area contributed by atoms with Gasteiger partial charge in [0.15, 0.2) is 5.96 Å². The summed E-state index contributed by atoms with van der Waals surface area (Å²) in [6.45, 7) is 7.36. The number of benzene rings is 1. The number of nitrogens with zero attached hydrogens (tertiary/aromatic N) is 3. The van der Waals surface area contributed by atoms with Crippen molar-refractivity contribution in [2.45, 2.75) is 65.0 Å². The van der Waals surface area contributed by atoms with Crippen LogP contribution in [0.2, 0.25) is 0 Å². The molecule has 0 spiro atoms. The van der Waals surface area contributed by atoms with Crippen LogP contribution in [0.4, 0.5) is 0 Å². The number of likely N-dealkylation sites (tertiary alicyclic amines) is 1. The smallest absolute Gasteiger partial charge is 0.223 e. The molecule has 3 rings (SSSR count). The zero-order valence-electron chi connectivity index (χ0n) is 19.3. The second kappa shape index (κ2) is 14.3. The van der Waals surface area contributed by atoms with Gasteiger partial charge in [-0.15, -0.1) is 24.0 Å². The van der Waals surface area contributed by atoms with E-state index in [0.29, 0.717) is 25.9 Å². The molecule has 32 heavy (non-hydrogen) atoms. The molecular formula is C24H38IN5O2. The van der Waals surface area contributed by atoms with Crippen molar-refractivity contribution < 1.29 is 9.59 Å². The average Bonchev–Trinajstić information content (AvgIpc) is 3.11. The number of aliphatic imine (C=N–C) groups is 1. The lowest BCUT2D eigenvalue weighted by Gasteiger charge is -2.20. The van der Waals surface area contributed by atoms with E-state index in [2.05, 4.69) is 27.8 Å². The third-order valence-corrected chi connectivity index (χ3v) is 5.93. The SMILES string of the molecule is CCNC(=NCCCN1CCCCCC1=O)NCCCC(=O)N1Cc2ccccc2C1.I. The number of halogens is 1. The maximum absolute atomic E-state index is 12.5. The first-order valence-corrected chi connectivity index (χ1v) is 11.8. The van der Waals surface area contributed by atoms with Crippen molar-refractivity contribution in [3.63, 3.8) is 0 Å². The number of amides is 2. The largest absolute Gasteiger partial charge is 0.357 e. The highest BCUT2D eigenvalue weighted by molar-refractivity contribution is 14.0. The Labute approximate surface area is 209 Å². The monoisotopic (exact) mass is 555 g/mol. The Kier molecular flexibility index (Phi) is 11.8. The van der Waals surface area contributed by atoms with Crippen molar-refractivity contribution in [3.8, 4) is 0 Å². The lowest BCUT2D eigenvalue weighted by Crippen LogP contribution is -2.38. The van der Waals surface area contributed by atoms with Crippen LogP contribution in [-0.2, 0) is 22.7 Å². The van der Waals surface area contributed by atoms with Crippen molar-refractivity contribution in [3.05, 3.63) is 35.4 Å². The van der Waals surface area contributed by atoms with Crippen LogP contribution < -0.4 is 10.6 Å². The van der Waals surface area contributed by atoms with E-state index < -0.39 is 0 Å². The summed E-state index contributed by atoms with van der Waals surface area (Å²) in [5.74, 6) is 1.28. The van der Waals surface area contributed by atoms with E-state index in [4.69, 9.17) is 0 Å². The number of fused-ring (bicyclic) bond motifs is 1. The van der Waals surface area contributed by atoms with Crippen molar-refractivity contribution in [2.75, 3.05) is 32.7 Å². The minimum absolute atomic E-state index is 0. The minimum Gasteiger partial charge on any atom is -0.357 e. The van der Waals surface area contributed by atoms with Gasteiger partial charge in [-0.1, -0.05) is 30.7 Å². The van der Waals surface area contributed by atoms with E-state index in [1.807, 2.05) is 28.9 Å². The molecule has 2 aliphatic heterocycles. The Balaban J connectivity index is 0.00000363. The third-order valence-electron chi connectivity index (χ3n) is 5.93. The zero-order chi connectivity index (χ0) is 21.9. The summed E-state index contributed by atoms with van der Waals surface area (Å²) >= 11 is 0. The lowest BCUT2D eigenvalue weighted by molar-refractivity contribution is -0.132. The van der Waals surface area contributed by atoms with Crippen LogP contribution in [0.25, 0.3) is 0 Å². The Morgan fingerprint density at radius 1 is 1.06 bits per heavy atom. The van der Waals surface area contributed by atoms with E-state index in [0.717, 1.165) is 70.8 Å². The van der Waals surface area contributed by atoms with Crippen molar-refractivity contribution in [2.24, 2.45) is 4.99 Å². The summed E-state index contributed by atoms with van der Waals surface area (Å²) < 4.78 is 0. The molecule has 2 aliphatic rings. The fourth-order valence-corrected chi connectivity index (χ4v) is 4.18. The quantitative estimate of drug-likeness (QED) is 0.212. The fraction of sp³-hybridized carbons (Fsp3) is 0.625. The first-order valence-electron chi connectivity index (χ1n) is 11.8. The van der Waals surface area contributed by atoms with Gasteiger partial charge in [0, 0.05) is 58.7 Å². The number of guanidine groups is 1. The Bertz CT molecular complexity index is 746. The van der Waals surface area contributed by atoms with Gasteiger partial charge < -0.3 is 20.4 Å². The summed E-state index contributed by atoms with van der Waals surface area (Å²) in [6, 6.07) is 8.27. The van der Waals surface area contributed by atoms with Crippen molar-refractivity contribution >= 4 is 41.8 Å². The molecule has 2 heterocycles. The van der Waals surface area contributed by atoms with Crippen LogP contribution in [-0.4, -0.2) is 60.3 Å². The van der Waals surface area contributed by atoms with Crippen LogP contribution >= 0.6 is 24.0 Å². The summed E-state index contributed by atoms with van der Waals surface area (Å²) in [4.78, 5) is 33.1. The van der Waals surface area contributed by atoms with Gasteiger partial charge in [-0.2, -0.15) is 0 Å². The number of rotatable bonds is 9. The number of hydrogen-bond donors (Lipinski definition) is 2. The summed E-state index contributed by atoms with van der Waals surface area (Å²) in [6.07, 6.45) is 6.17. The van der Waals surface area contributed by atoms with E-state index in [1.165, 1.54) is 11.1 Å².